The van der Waals surface area contributed by atoms with Crippen LogP contribution in [0.1, 0.15) is 0 Å². The molecule has 6 nitrogen and oxygen atoms in total. The van der Waals surface area contributed by atoms with E-state index in [1.807, 2.05) is 0 Å². The number of phenols is 2. The van der Waals surface area contributed by atoms with Gasteiger partial charge in [0, 0.05) is 11.5 Å². The zero-order valence-corrected chi connectivity index (χ0v) is 16.2. The predicted molar refractivity (Wildman–Crippen MR) is 107 cm³/mol. The van der Waals surface area contributed by atoms with Gasteiger partial charge in [0.2, 0.25) is 0 Å². The van der Waals surface area contributed by atoms with Crippen molar-refractivity contribution in [2.75, 3.05) is 0 Å². The number of hydrogen-bond acceptors (Lipinski definition) is 6. The van der Waals surface area contributed by atoms with Crippen molar-refractivity contribution in [2.45, 2.75) is 5.51 Å². The molecule has 0 saturated carbocycles. The number of rotatable bonds is 4. The molecular formula is C21H13F3O6S. The zero-order chi connectivity index (χ0) is 22.4. The maximum atomic E-state index is 12.6. The molecule has 31 heavy (non-hydrogen) atoms. The van der Waals surface area contributed by atoms with E-state index in [1.54, 1.807) is 18.2 Å². The quantitative estimate of drug-likeness (QED) is 0.318. The monoisotopic (exact) mass is 450 g/mol. The smallest absolute Gasteiger partial charge is 0.508 e. The van der Waals surface area contributed by atoms with Crippen LogP contribution in [0.4, 0.5) is 13.2 Å². The van der Waals surface area contributed by atoms with Crippen molar-refractivity contribution in [3.05, 3.63) is 66.7 Å². The fourth-order valence-electron chi connectivity index (χ4n) is 3.01. The second-order valence-electron chi connectivity index (χ2n) is 6.61. The highest BCUT2D eigenvalue weighted by Crippen LogP contribution is 2.37. The van der Waals surface area contributed by atoms with Crippen molar-refractivity contribution in [1.82, 2.24) is 0 Å². The van der Waals surface area contributed by atoms with Crippen LogP contribution in [-0.4, -0.2) is 24.1 Å². The van der Waals surface area contributed by atoms with Crippen molar-refractivity contribution in [2.24, 2.45) is 0 Å². The van der Waals surface area contributed by atoms with E-state index in [9.17, 15) is 31.8 Å². The Morgan fingerprint density at radius 2 is 1.35 bits per heavy atom. The third kappa shape index (κ3) is 4.15. The number of ether oxygens (including phenoxy) is 1. The summed E-state index contributed by atoms with van der Waals surface area (Å²) < 4.78 is 70.1. The predicted octanol–water partition coefficient (Wildman–Crippen LogP) is 5.42. The van der Waals surface area contributed by atoms with Crippen molar-refractivity contribution < 1.29 is 40.7 Å². The van der Waals surface area contributed by atoms with E-state index in [1.165, 1.54) is 36.4 Å². The molecule has 4 rings (SSSR count). The van der Waals surface area contributed by atoms with Crippen LogP contribution in [0.25, 0.3) is 21.5 Å². The Labute approximate surface area is 173 Å². The minimum absolute atomic E-state index is 0.0103. The van der Waals surface area contributed by atoms with Gasteiger partial charge in [-0.1, -0.05) is 12.1 Å². The molecule has 0 aliphatic carbocycles. The van der Waals surface area contributed by atoms with E-state index in [0.717, 1.165) is 12.1 Å². The standard InChI is InChI=1S/C21H13F3O6S/c22-21(23,24)31(27,28)30-18-5-2-12-1-4-17(9-13(12)10-18)29-20-11-16(26)8-14-7-15(25)3-6-19(14)20/h1-11,25-26H. The van der Waals surface area contributed by atoms with Gasteiger partial charge < -0.3 is 19.1 Å². The van der Waals surface area contributed by atoms with E-state index in [-0.39, 0.29) is 23.0 Å². The van der Waals surface area contributed by atoms with Crippen LogP contribution < -0.4 is 8.92 Å². The molecule has 0 atom stereocenters. The number of phenolic OH excluding ortho intramolecular Hbond substituents is 2. The third-order valence-electron chi connectivity index (χ3n) is 4.38. The molecule has 0 aliphatic rings. The average Bonchev–Trinajstić information content (AvgIpc) is 2.66. The average molecular weight is 450 g/mol. The summed E-state index contributed by atoms with van der Waals surface area (Å²) in [4.78, 5) is 0. The molecule has 0 aliphatic heterocycles. The molecule has 0 saturated heterocycles. The van der Waals surface area contributed by atoms with Gasteiger partial charge in [-0.25, -0.2) is 0 Å². The van der Waals surface area contributed by atoms with Gasteiger partial charge in [-0.3, -0.25) is 0 Å². The fourth-order valence-corrected chi connectivity index (χ4v) is 3.46. The van der Waals surface area contributed by atoms with E-state index in [0.29, 0.717) is 21.5 Å². The molecule has 0 amide bonds. The van der Waals surface area contributed by atoms with Crippen LogP contribution in [0.2, 0.25) is 0 Å². The van der Waals surface area contributed by atoms with Gasteiger partial charge in [-0.2, -0.15) is 21.6 Å². The Bertz CT molecular complexity index is 1410. The molecule has 0 spiro atoms. The van der Waals surface area contributed by atoms with Crippen LogP contribution in [0.5, 0.6) is 28.7 Å². The van der Waals surface area contributed by atoms with Crippen molar-refractivity contribution in [1.29, 1.82) is 0 Å². The molecule has 2 N–H and O–H groups in total. The Kier molecular flexibility index (Phi) is 4.81. The van der Waals surface area contributed by atoms with Crippen LogP contribution >= 0.6 is 0 Å². The van der Waals surface area contributed by atoms with Gasteiger partial charge in [0.15, 0.2) is 0 Å². The highest BCUT2D eigenvalue weighted by molar-refractivity contribution is 7.88. The lowest BCUT2D eigenvalue weighted by molar-refractivity contribution is -0.0500. The molecule has 0 aromatic heterocycles. The van der Waals surface area contributed by atoms with Crippen molar-refractivity contribution in [3.8, 4) is 28.7 Å². The lowest BCUT2D eigenvalue weighted by atomic mass is 10.1. The SMILES string of the molecule is O=S(=O)(Oc1ccc2ccc(Oc3cc(O)cc4cc(O)ccc34)cc2c1)C(F)(F)F. The molecule has 4 aromatic carbocycles. The second-order valence-corrected chi connectivity index (χ2v) is 8.14. The van der Waals surface area contributed by atoms with Crippen molar-refractivity contribution >= 4 is 31.7 Å². The first-order chi connectivity index (χ1) is 14.5. The number of hydrogen-bond donors (Lipinski definition) is 2. The van der Waals surface area contributed by atoms with Gasteiger partial charge in [0.1, 0.15) is 28.7 Å². The first-order valence-electron chi connectivity index (χ1n) is 8.70. The Morgan fingerprint density at radius 1 is 0.710 bits per heavy atom. The lowest BCUT2D eigenvalue weighted by Gasteiger charge is -2.12. The Balaban J connectivity index is 1.71. The lowest BCUT2D eigenvalue weighted by Crippen LogP contribution is -2.28. The summed E-state index contributed by atoms with van der Waals surface area (Å²) in [5.74, 6) is -0.0250. The number of benzene rings is 4. The minimum atomic E-state index is -5.79. The highest BCUT2D eigenvalue weighted by Gasteiger charge is 2.48. The molecule has 0 heterocycles. The van der Waals surface area contributed by atoms with Crippen LogP contribution in [0.3, 0.4) is 0 Å². The molecule has 0 bridgehead atoms. The largest absolute Gasteiger partial charge is 0.534 e. The molecule has 0 fully saturated rings. The van der Waals surface area contributed by atoms with E-state index >= 15 is 0 Å². The summed E-state index contributed by atoms with van der Waals surface area (Å²) in [7, 11) is -5.79. The molecule has 0 radical (unpaired) electrons. The zero-order valence-electron chi connectivity index (χ0n) is 15.4. The molecule has 4 aromatic rings. The van der Waals surface area contributed by atoms with Crippen LogP contribution in [-0.2, 0) is 10.1 Å². The van der Waals surface area contributed by atoms with Crippen molar-refractivity contribution in [3.63, 3.8) is 0 Å². The number of aromatic hydroxyl groups is 2. The molecular weight excluding hydrogens is 437 g/mol. The number of fused-ring (bicyclic) bond motifs is 2. The van der Waals surface area contributed by atoms with E-state index in [4.69, 9.17) is 4.74 Å². The summed E-state index contributed by atoms with van der Waals surface area (Å²) in [6.07, 6.45) is 0. The topological polar surface area (TPSA) is 93.1 Å². The van der Waals surface area contributed by atoms with Gasteiger partial charge in [0.05, 0.1) is 0 Å². The summed E-state index contributed by atoms with van der Waals surface area (Å²) in [5.41, 5.74) is -5.54. The molecule has 10 heteroatoms. The summed E-state index contributed by atoms with van der Waals surface area (Å²) in [5, 5.41) is 21.7. The third-order valence-corrected chi connectivity index (χ3v) is 5.36. The first kappa shape index (κ1) is 20.6. The highest BCUT2D eigenvalue weighted by atomic mass is 32.2. The normalized spacial score (nSPS) is 12.2. The van der Waals surface area contributed by atoms with Crippen LogP contribution in [0, 0.1) is 0 Å². The van der Waals surface area contributed by atoms with Gasteiger partial charge in [-0.15, -0.1) is 0 Å². The van der Waals surface area contributed by atoms with Crippen LogP contribution in [0.15, 0.2) is 66.7 Å². The van der Waals surface area contributed by atoms with Gasteiger partial charge >= 0.3 is 15.6 Å². The maximum Gasteiger partial charge on any atom is 0.534 e. The maximum absolute atomic E-state index is 12.6. The van der Waals surface area contributed by atoms with Gasteiger partial charge in [0.25, 0.3) is 0 Å². The summed E-state index contributed by atoms with van der Waals surface area (Å²) in [6.45, 7) is 0. The number of alkyl halides is 3. The Morgan fingerprint density at radius 3 is 2.06 bits per heavy atom. The van der Waals surface area contributed by atoms with Gasteiger partial charge in [-0.05, 0) is 64.7 Å². The second kappa shape index (κ2) is 7.24. The summed E-state index contributed by atoms with van der Waals surface area (Å²) in [6, 6.07) is 15.7. The molecule has 160 valence electrons. The summed E-state index contributed by atoms with van der Waals surface area (Å²) >= 11 is 0. The fraction of sp³-hybridized carbons (Fsp3) is 0.0476. The van der Waals surface area contributed by atoms with E-state index < -0.39 is 21.4 Å². The molecule has 0 unspecified atom stereocenters. The Hall–Kier alpha value is -3.66. The first-order valence-corrected chi connectivity index (χ1v) is 10.1. The minimum Gasteiger partial charge on any atom is -0.508 e. The number of halogens is 3. The van der Waals surface area contributed by atoms with E-state index in [2.05, 4.69) is 4.18 Å².